The van der Waals surface area contributed by atoms with Crippen LogP contribution in [0.5, 0.6) is 5.75 Å². The highest BCUT2D eigenvalue weighted by molar-refractivity contribution is 6.14. The van der Waals surface area contributed by atoms with Crippen molar-refractivity contribution >= 4 is 17.4 Å². The largest absolute Gasteiger partial charge is 0.507 e. The summed E-state index contributed by atoms with van der Waals surface area (Å²) < 4.78 is 0. The van der Waals surface area contributed by atoms with Gasteiger partial charge < -0.3 is 10.0 Å². The van der Waals surface area contributed by atoms with Crippen LogP contribution in [0.3, 0.4) is 0 Å². The number of amides is 1. The number of phenols is 1. The van der Waals surface area contributed by atoms with Gasteiger partial charge in [-0.05, 0) is 31.2 Å². The van der Waals surface area contributed by atoms with Crippen LogP contribution in [0.1, 0.15) is 32.7 Å². The third-order valence-electron chi connectivity index (χ3n) is 3.69. The molecular weight excluding hydrogens is 266 g/mol. The van der Waals surface area contributed by atoms with E-state index in [9.17, 15) is 14.7 Å². The van der Waals surface area contributed by atoms with Gasteiger partial charge in [0, 0.05) is 18.5 Å². The maximum Gasteiger partial charge on any atom is 0.262 e. The third-order valence-corrected chi connectivity index (χ3v) is 3.69. The molecule has 0 spiro atoms. The molecule has 1 heterocycles. The van der Waals surface area contributed by atoms with Crippen LogP contribution in [0.15, 0.2) is 42.5 Å². The van der Waals surface area contributed by atoms with Crippen LogP contribution in [0.4, 0.5) is 5.69 Å². The lowest BCUT2D eigenvalue weighted by atomic mass is 9.99. The van der Waals surface area contributed by atoms with Gasteiger partial charge in [-0.25, -0.2) is 0 Å². The first kappa shape index (κ1) is 13.4. The molecule has 2 aromatic rings. The standard InChI is InChI=1S/C17H15NO3/c1-11-6-7-15(19)13(10-11)17(21)18-9-8-16(20)12-4-2-3-5-14(12)18/h2-7,10,19H,8-9H2,1H3. The Balaban J connectivity index is 2.05. The summed E-state index contributed by atoms with van der Waals surface area (Å²) in [5.74, 6) is -0.278. The summed E-state index contributed by atoms with van der Waals surface area (Å²) in [4.78, 5) is 26.2. The first-order valence-electron chi connectivity index (χ1n) is 6.81. The van der Waals surface area contributed by atoms with Gasteiger partial charge in [0.25, 0.3) is 5.91 Å². The molecule has 4 nitrogen and oxygen atoms in total. The Bertz CT molecular complexity index is 737. The van der Waals surface area contributed by atoms with Crippen LogP contribution < -0.4 is 4.90 Å². The fraction of sp³-hybridized carbons (Fsp3) is 0.176. The second-order valence-corrected chi connectivity index (χ2v) is 5.17. The van der Waals surface area contributed by atoms with Crippen molar-refractivity contribution in [1.29, 1.82) is 0 Å². The van der Waals surface area contributed by atoms with Gasteiger partial charge in [-0.2, -0.15) is 0 Å². The highest BCUT2D eigenvalue weighted by Crippen LogP contribution is 2.30. The molecule has 0 aliphatic carbocycles. The summed E-state index contributed by atoms with van der Waals surface area (Å²) in [6.45, 7) is 2.20. The van der Waals surface area contributed by atoms with E-state index in [1.807, 2.05) is 6.92 Å². The Morgan fingerprint density at radius 3 is 2.76 bits per heavy atom. The van der Waals surface area contributed by atoms with E-state index in [2.05, 4.69) is 0 Å². The number of benzene rings is 2. The number of fused-ring (bicyclic) bond motifs is 1. The van der Waals surface area contributed by atoms with Gasteiger partial charge >= 0.3 is 0 Å². The second kappa shape index (κ2) is 5.05. The number of carbonyl (C=O) groups is 2. The van der Waals surface area contributed by atoms with Gasteiger partial charge in [0.15, 0.2) is 5.78 Å². The molecule has 0 unspecified atom stereocenters. The second-order valence-electron chi connectivity index (χ2n) is 5.17. The van der Waals surface area contributed by atoms with E-state index in [1.165, 1.54) is 6.07 Å². The van der Waals surface area contributed by atoms with Crippen molar-refractivity contribution in [2.45, 2.75) is 13.3 Å². The molecule has 0 saturated carbocycles. The zero-order valence-corrected chi connectivity index (χ0v) is 11.7. The lowest BCUT2D eigenvalue weighted by molar-refractivity contribution is 0.0954. The predicted octanol–water partition coefficient (Wildman–Crippen LogP) is 2.93. The topological polar surface area (TPSA) is 57.6 Å². The number of aromatic hydroxyl groups is 1. The monoisotopic (exact) mass is 281 g/mol. The maximum atomic E-state index is 12.7. The Hall–Kier alpha value is -2.62. The molecule has 1 N–H and O–H groups in total. The molecule has 4 heteroatoms. The number of rotatable bonds is 1. The molecule has 0 aromatic heterocycles. The minimum absolute atomic E-state index is 0.0417. The van der Waals surface area contributed by atoms with E-state index in [0.717, 1.165) is 5.56 Å². The fourth-order valence-electron chi connectivity index (χ4n) is 2.59. The van der Waals surface area contributed by atoms with E-state index in [4.69, 9.17) is 0 Å². The normalized spacial score (nSPS) is 14.0. The molecule has 1 aliphatic rings. The van der Waals surface area contributed by atoms with Crippen LogP contribution in [0.25, 0.3) is 0 Å². The van der Waals surface area contributed by atoms with Crippen molar-refractivity contribution in [3.63, 3.8) is 0 Å². The summed E-state index contributed by atoms with van der Waals surface area (Å²) >= 11 is 0. The van der Waals surface area contributed by atoms with Gasteiger partial charge in [0.05, 0.1) is 11.3 Å². The maximum absolute atomic E-state index is 12.7. The predicted molar refractivity (Wildman–Crippen MR) is 79.9 cm³/mol. The molecule has 3 rings (SSSR count). The smallest absolute Gasteiger partial charge is 0.262 e. The third kappa shape index (κ3) is 2.29. The van der Waals surface area contributed by atoms with Crippen LogP contribution in [0.2, 0.25) is 0 Å². The van der Waals surface area contributed by atoms with E-state index >= 15 is 0 Å². The number of hydrogen-bond donors (Lipinski definition) is 1. The van der Waals surface area contributed by atoms with E-state index < -0.39 is 0 Å². The number of para-hydroxylation sites is 1. The number of nitrogens with zero attached hydrogens (tertiary/aromatic N) is 1. The molecular formula is C17H15NO3. The minimum Gasteiger partial charge on any atom is -0.507 e. The Morgan fingerprint density at radius 1 is 1.19 bits per heavy atom. The number of anilines is 1. The molecule has 0 radical (unpaired) electrons. The molecule has 21 heavy (non-hydrogen) atoms. The fourth-order valence-corrected chi connectivity index (χ4v) is 2.59. The summed E-state index contributed by atoms with van der Waals surface area (Å²) in [7, 11) is 0. The number of carbonyl (C=O) groups excluding carboxylic acids is 2. The Kier molecular flexibility index (Phi) is 3.22. The van der Waals surface area contributed by atoms with Crippen LogP contribution in [-0.4, -0.2) is 23.3 Å². The molecule has 0 bridgehead atoms. The van der Waals surface area contributed by atoms with E-state index in [0.29, 0.717) is 24.2 Å². The summed E-state index contributed by atoms with van der Waals surface area (Å²) in [6.07, 6.45) is 0.301. The lowest BCUT2D eigenvalue weighted by Gasteiger charge is -2.29. The number of aryl methyl sites for hydroxylation is 1. The van der Waals surface area contributed by atoms with Crippen LogP contribution in [0, 0.1) is 6.92 Å². The Morgan fingerprint density at radius 2 is 1.95 bits per heavy atom. The van der Waals surface area contributed by atoms with E-state index in [-0.39, 0.29) is 23.0 Å². The molecule has 0 fully saturated rings. The molecule has 0 atom stereocenters. The van der Waals surface area contributed by atoms with Gasteiger partial charge in [0.1, 0.15) is 5.75 Å². The number of hydrogen-bond acceptors (Lipinski definition) is 3. The summed E-state index contributed by atoms with van der Waals surface area (Å²) in [5, 5.41) is 9.92. The quantitative estimate of drug-likeness (QED) is 0.874. The number of Topliss-reactive ketones (excluding diaryl/α,β-unsaturated/α-hetero) is 1. The average molecular weight is 281 g/mol. The summed E-state index contributed by atoms with van der Waals surface area (Å²) in [5.41, 5.74) is 2.33. The van der Waals surface area contributed by atoms with Crippen LogP contribution in [-0.2, 0) is 0 Å². The molecule has 1 aliphatic heterocycles. The minimum atomic E-state index is -0.281. The molecule has 2 aromatic carbocycles. The molecule has 1 amide bonds. The molecule has 106 valence electrons. The van der Waals surface area contributed by atoms with Crippen molar-refractivity contribution in [2.75, 3.05) is 11.4 Å². The number of phenolic OH excluding ortho intramolecular Hbond substituents is 1. The SMILES string of the molecule is Cc1ccc(O)c(C(=O)N2CCC(=O)c3ccccc32)c1. The van der Waals surface area contributed by atoms with Gasteiger partial charge in [0.2, 0.25) is 0 Å². The van der Waals surface area contributed by atoms with Crippen molar-refractivity contribution in [2.24, 2.45) is 0 Å². The van der Waals surface area contributed by atoms with Crippen molar-refractivity contribution in [3.05, 3.63) is 59.2 Å². The summed E-state index contributed by atoms with van der Waals surface area (Å²) in [6, 6.07) is 12.0. The van der Waals surface area contributed by atoms with Gasteiger partial charge in [-0.15, -0.1) is 0 Å². The van der Waals surface area contributed by atoms with Crippen molar-refractivity contribution in [1.82, 2.24) is 0 Å². The number of ketones is 1. The lowest BCUT2D eigenvalue weighted by Crippen LogP contribution is -2.37. The van der Waals surface area contributed by atoms with Crippen LogP contribution >= 0.6 is 0 Å². The highest BCUT2D eigenvalue weighted by atomic mass is 16.3. The van der Waals surface area contributed by atoms with Crippen molar-refractivity contribution < 1.29 is 14.7 Å². The first-order chi connectivity index (χ1) is 10.1. The van der Waals surface area contributed by atoms with E-state index in [1.54, 1.807) is 41.3 Å². The first-order valence-corrected chi connectivity index (χ1v) is 6.81. The Labute approximate surface area is 122 Å². The highest BCUT2D eigenvalue weighted by Gasteiger charge is 2.28. The zero-order valence-electron chi connectivity index (χ0n) is 11.7. The average Bonchev–Trinajstić information content (AvgIpc) is 2.50. The zero-order chi connectivity index (χ0) is 15.0. The molecule has 0 saturated heterocycles. The van der Waals surface area contributed by atoms with Gasteiger partial charge in [-0.3, -0.25) is 9.59 Å². The van der Waals surface area contributed by atoms with Crippen molar-refractivity contribution in [3.8, 4) is 5.75 Å². The van der Waals surface area contributed by atoms with Gasteiger partial charge in [-0.1, -0.05) is 23.8 Å².